The van der Waals surface area contributed by atoms with Crippen molar-refractivity contribution in [3.05, 3.63) is 53.5 Å². The van der Waals surface area contributed by atoms with Gasteiger partial charge in [0.25, 0.3) is 0 Å². The molecule has 0 unspecified atom stereocenters. The molecule has 0 N–H and O–H groups in total. The van der Waals surface area contributed by atoms with Gasteiger partial charge in [0.05, 0.1) is 0 Å². The van der Waals surface area contributed by atoms with E-state index >= 15 is 8.63 Å². The zero-order chi connectivity index (χ0) is 15.9. The van der Waals surface area contributed by atoms with E-state index in [2.05, 4.69) is 6.58 Å². The lowest BCUT2D eigenvalue weighted by molar-refractivity contribution is -0.362. The van der Waals surface area contributed by atoms with Crippen LogP contribution in [-0.4, -0.2) is 21.6 Å². The van der Waals surface area contributed by atoms with Gasteiger partial charge in [-0.3, -0.25) is 0 Å². The highest BCUT2D eigenvalue weighted by atomic mass is 19.2. The molecule has 1 aromatic rings. The second-order valence-corrected chi connectivity index (χ2v) is 6.11. The van der Waals surface area contributed by atoms with E-state index < -0.39 is 6.97 Å². The molecule has 2 aliphatic rings. The Hall–Kier alpha value is -1.91. The maximum atomic E-state index is 15.1. The summed E-state index contributed by atoms with van der Waals surface area (Å²) in [5, 5.41) is 0. The van der Waals surface area contributed by atoms with E-state index in [1.807, 2.05) is 37.3 Å². The predicted molar refractivity (Wildman–Crippen MR) is 88.3 cm³/mol. The van der Waals surface area contributed by atoms with Crippen molar-refractivity contribution in [1.82, 2.24) is 4.48 Å². The first kappa shape index (κ1) is 15.0. The van der Waals surface area contributed by atoms with Gasteiger partial charge in [0, 0.05) is 30.3 Å². The number of fused-ring (bicyclic) bond motifs is 2. The summed E-state index contributed by atoms with van der Waals surface area (Å²) >= 11 is 0. The van der Waals surface area contributed by atoms with Gasteiger partial charge in [-0.2, -0.15) is 0 Å². The largest absolute Gasteiger partial charge is 0.737 e. The van der Waals surface area contributed by atoms with Crippen LogP contribution < -0.4 is 0 Å². The van der Waals surface area contributed by atoms with E-state index in [0.29, 0.717) is 23.5 Å². The van der Waals surface area contributed by atoms with Crippen molar-refractivity contribution in [2.75, 3.05) is 0 Å². The monoisotopic (exact) mass is 302 g/mol. The van der Waals surface area contributed by atoms with Crippen molar-refractivity contribution in [2.24, 2.45) is 0 Å². The molecule has 2 nitrogen and oxygen atoms in total. The van der Waals surface area contributed by atoms with Crippen LogP contribution in [0.2, 0.25) is 0 Å². The maximum absolute atomic E-state index is 15.1. The minimum absolute atomic E-state index is 0.609. The molecule has 22 heavy (non-hydrogen) atoms. The molecular formula is C17H21BF2N2. The SMILES string of the molecule is C=CCCCCC1=[N+]2C(=Cc3c(C)cc(C)n3[B-]2(F)F)C=C1. The van der Waals surface area contributed by atoms with Gasteiger partial charge in [-0.1, -0.05) is 6.08 Å². The van der Waals surface area contributed by atoms with Gasteiger partial charge >= 0.3 is 6.97 Å². The summed E-state index contributed by atoms with van der Waals surface area (Å²) in [6, 6.07) is 1.83. The number of halogens is 2. The Kier molecular flexibility index (Phi) is 3.67. The number of aryl methyl sites for hydroxylation is 2. The van der Waals surface area contributed by atoms with Crippen LogP contribution in [0.4, 0.5) is 8.63 Å². The van der Waals surface area contributed by atoms with Gasteiger partial charge in [0.1, 0.15) is 5.71 Å². The molecular weight excluding hydrogens is 281 g/mol. The van der Waals surface area contributed by atoms with Crippen LogP contribution in [-0.2, 0) is 0 Å². The first-order valence-electron chi connectivity index (χ1n) is 7.83. The Morgan fingerprint density at radius 2 is 2.05 bits per heavy atom. The van der Waals surface area contributed by atoms with E-state index in [9.17, 15) is 0 Å². The molecule has 0 bridgehead atoms. The fraction of sp³-hybridized carbons (Fsp3) is 0.353. The van der Waals surface area contributed by atoms with Crippen LogP contribution in [0.25, 0.3) is 6.08 Å². The Bertz CT molecular complexity index is 723. The highest BCUT2D eigenvalue weighted by Crippen LogP contribution is 2.34. The normalized spacial score (nSPS) is 18.3. The fourth-order valence-electron chi connectivity index (χ4n) is 3.49. The summed E-state index contributed by atoms with van der Waals surface area (Å²) in [6.45, 7) is 3.52. The number of nitrogens with zero attached hydrogens (tertiary/aromatic N) is 2. The predicted octanol–water partition coefficient (Wildman–Crippen LogP) is 4.45. The molecule has 1 aromatic heterocycles. The molecule has 0 amide bonds. The molecule has 0 saturated carbocycles. The van der Waals surface area contributed by atoms with Gasteiger partial charge in [-0.15, -0.1) is 6.58 Å². The van der Waals surface area contributed by atoms with Crippen molar-refractivity contribution in [3.63, 3.8) is 0 Å². The molecule has 0 spiro atoms. The van der Waals surface area contributed by atoms with Crippen molar-refractivity contribution >= 4 is 18.8 Å². The van der Waals surface area contributed by atoms with E-state index in [1.165, 1.54) is 8.96 Å². The van der Waals surface area contributed by atoms with Crippen molar-refractivity contribution in [2.45, 2.75) is 39.5 Å². The number of rotatable bonds is 5. The van der Waals surface area contributed by atoms with Crippen LogP contribution >= 0.6 is 0 Å². The van der Waals surface area contributed by atoms with E-state index in [0.717, 1.165) is 30.5 Å². The van der Waals surface area contributed by atoms with Gasteiger partial charge < -0.3 is 17.6 Å². The number of allylic oxidation sites excluding steroid dienone is 3. The lowest BCUT2D eigenvalue weighted by atomic mass is 9.90. The van der Waals surface area contributed by atoms with Crippen LogP contribution in [0.1, 0.15) is 42.6 Å². The third kappa shape index (κ3) is 2.19. The van der Waals surface area contributed by atoms with Crippen molar-refractivity contribution in [3.8, 4) is 0 Å². The van der Waals surface area contributed by atoms with E-state index in [4.69, 9.17) is 0 Å². The quantitative estimate of drug-likeness (QED) is 0.431. The Morgan fingerprint density at radius 1 is 1.27 bits per heavy atom. The van der Waals surface area contributed by atoms with Gasteiger partial charge in [-0.25, -0.2) is 0 Å². The van der Waals surface area contributed by atoms with Crippen LogP contribution in [0.5, 0.6) is 0 Å². The average Bonchev–Trinajstić information content (AvgIpc) is 2.98. The summed E-state index contributed by atoms with van der Waals surface area (Å²) in [7, 11) is 0. The first-order valence-corrected chi connectivity index (χ1v) is 7.83. The lowest BCUT2D eigenvalue weighted by Gasteiger charge is -2.30. The van der Waals surface area contributed by atoms with Gasteiger partial charge in [0.2, 0.25) is 0 Å². The Morgan fingerprint density at radius 3 is 2.77 bits per heavy atom. The molecule has 0 saturated heterocycles. The number of aromatic nitrogens is 1. The number of hydrogen-bond acceptors (Lipinski definition) is 0. The summed E-state index contributed by atoms with van der Waals surface area (Å²) < 4.78 is 32.6. The summed E-state index contributed by atoms with van der Waals surface area (Å²) in [4.78, 5) is 0. The highest BCUT2D eigenvalue weighted by molar-refractivity contribution is 6.58. The third-order valence-corrected chi connectivity index (χ3v) is 4.50. The highest BCUT2D eigenvalue weighted by Gasteiger charge is 2.52. The van der Waals surface area contributed by atoms with Gasteiger partial charge in [0.15, 0.2) is 5.70 Å². The van der Waals surface area contributed by atoms with Crippen molar-refractivity contribution < 1.29 is 13.1 Å². The molecule has 2 aliphatic heterocycles. The molecule has 0 aromatic carbocycles. The fourth-order valence-corrected chi connectivity index (χ4v) is 3.49. The maximum Gasteiger partial charge on any atom is 0.737 e. The minimum Gasteiger partial charge on any atom is -0.394 e. The molecule has 5 heteroatoms. The van der Waals surface area contributed by atoms with Gasteiger partial charge in [-0.05, 0) is 50.4 Å². The molecule has 0 radical (unpaired) electrons. The van der Waals surface area contributed by atoms with E-state index in [1.54, 1.807) is 6.92 Å². The Balaban J connectivity index is 2.00. The molecule has 0 fully saturated rings. The third-order valence-electron chi connectivity index (χ3n) is 4.50. The summed E-state index contributed by atoms with van der Waals surface area (Å²) in [6.07, 6.45) is 10.9. The molecule has 3 heterocycles. The number of unbranched alkanes of at least 4 members (excludes halogenated alkanes) is 2. The van der Waals surface area contributed by atoms with E-state index in [-0.39, 0.29) is 0 Å². The van der Waals surface area contributed by atoms with Crippen LogP contribution in [0.3, 0.4) is 0 Å². The van der Waals surface area contributed by atoms with Crippen molar-refractivity contribution in [1.29, 1.82) is 0 Å². The second-order valence-electron chi connectivity index (χ2n) is 6.11. The molecule has 3 rings (SSSR count). The second kappa shape index (κ2) is 5.38. The molecule has 0 aliphatic carbocycles. The molecule has 0 atom stereocenters. The Labute approximate surface area is 130 Å². The molecule has 116 valence electrons. The average molecular weight is 302 g/mol. The standard InChI is InChI=1S/C17H21BF2N2/c1-4-5-6-7-8-15-9-10-16-12-17-13(2)11-14(3)21(17)18(19,20)22(15)16/h4,9-12H,1,5-8H2,2-3H3. The topological polar surface area (TPSA) is 7.94 Å². The van der Waals surface area contributed by atoms with Crippen LogP contribution in [0, 0.1) is 13.8 Å². The zero-order valence-corrected chi connectivity index (χ0v) is 13.1. The zero-order valence-electron chi connectivity index (χ0n) is 13.1. The van der Waals surface area contributed by atoms with Crippen LogP contribution in [0.15, 0.2) is 36.6 Å². The summed E-state index contributed by atoms with van der Waals surface area (Å²) in [5.74, 6) is 0. The lowest BCUT2D eigenvalue weighted by Crippen LogP contribution is -2.50. The summed E-state index contributed by atoms with van der Waals surface area (Å²) in [5.41, 5.74) is 3.48. The smallest absolute Gasteiger partial charge is 0.394 e. The minimum atomic E-state index is -3.81. The first-order chi connectivity index (χ1) is 10.5. The number of hydrogen-bond donors (Lipinski definition) is 0.